The predicted molar refractivity (Wildman–Crippen MR) is 129 cm³/mol. The molecule has 0 atom stereocenters. The summed E-state index contributed by atoms with van der Waals surface area (Å²) < 4.78 is 38.7. The average Bonchev–Trinajstić information content (AvgIpc) is 3.52. The van der Waals surface area contributed by atoms with Gasteiger partial charge in [0.05, 0.1) is 11.8 Å². The first kappa shape index (κ1) is 21.9. The Morgan fingerprint density at radius 1 is 1.03 bits per heavy atom. The van der Waals surface area contributed by atoms with Gasteiger partial charge in [0.2, 0.25) is 0 Å². The van der Waals surface area contributed by atoms with Gasteiger partial charge in [0, 0.05) is 36.2 Å². The average molecular weight is 486 g/mol. The fourth-order valence-corrected chi connectivity index (χ4v) is 6.61. The van der Waals surface area contributed by atoms with Gasteiger partial charge in [0.25, 0.3) is 0 Å². The fraction of sp³-hybridized carbons (Fsp3) is 0.440. The molecule has 0 radical (unpaired) electrons. The van der Waals surface area contributed by atoms with Crippen LogP contribution < -0.4 is 4.90 Å². The molecule has 5 nitrogen and oxygen atoms in total. The van der Waals surface area contributed by atoms with Gasteiger partial charge in [-0.15, -0.1) is 11.3 Å². The zero-order valence-electron chi connectivity index (χ0n) is 18.7. The molecule has 2 fully saturated rings. The molecule has 0 saturated carbocycles. The van der Waals surface area contributed by atoms with Crippen LogP contribution in [0, 0.1) is 5.41 Å². The number of nitrogens with one attached hydrogen (secondary N) is 1. The Morgan fingerprint density at radius 3 is 2.68 bits per heavy atom. The van der Waals surface area contributed by atoms with Crippen molar-refractivity contribution in [3.8, 4) is 0 Å². The van der Waals surface area contributed by atoms with Crippen LogP contribution in [0.15, 0.2) is 42.9 Å². The molecule has 4 aromatic rings. The summed E-state index contributed by atoms with van der Waals surface area (Å²) in [7, 11) is 0. The minimum atomic E-state index is -4.21. The number of alkyl halides is 3. The standard InChI is InChI=1S/C25H26F3N5S/c26-25(27,28)13-19-12-20-22(30-16-31-23(20)34-19)33-10-6-24(15-33)4-8-32(9-5-24)14-17-1-2-18-3-7-29-21(18)11-17/h1-3,7,11-12,16,29H,4-6,8-10,13-15H2. The number of H-pyrrole nitrogens is 1. The topological polar surface area (TPSA) is 48.0 Å². The Morgan fingerprint density at radius 2 is 1.85 bits per heavy atom. The Kier molecular flexibility index (Phi) is 5.29. The van der Waals surface area contributed by atoms with E-state index in [0.717, 1.165) is 74.5 Å². The lowest BCUT2D eigenvalue weighted by Gasteiger charge is -2.39. The van der Waals surface area contributed by atoms with Crippen LogP contribution in [-0.2, 0) is 13.0 Å². The normalized spacial score (nSPS) is 19.1. The largest absolute Gasteiger partial charge is 0.393 e. The van der Waals surface area contributed by atoms with Crippen LogP contribution in [0.25, 0.3) is 21.1 Å². The third kappa shape index (κ3) is 4.27. The van der Waals surface area contributed by atoms with Gasteiger partial charge in [-0.05, 0) is 66.9 Å². The van der Waals surface area contributed by atoms with E-state index in [0.29, 0.717) is 9.71 Å². The summed E-state index contributed by atoms with van der Waals surface area (Å²) in [5.74, 6) is 0.785. The number of fused-ring (bicyclic) bond motifs is 2. The van der Waals surface area contributed by atoms with Crippen molar-refractivity contribution in [3.63, 3.8) is 0 Å². The first-order valence-corrected chi connectivity index (χ1v) is 12.5. The molecular formula is C25H26F3N5S. The number of hydrogen-bond donors (Lipinski definition) is 1. The van der Waals surface area contributed by atoms with Crippen molar-refractivity contribution in [1.82, 2.24) is 19.9 Å². The number of halogens is 3. The molecule has 6 rings (SSSR count). The Hall–Kier alpha value is -2.65. The van der Waals surface area contributed by atoms with E-state index in [1.54, 1.807) is 6.07 Å². The highest BCUT2D eigenvalue weighted by atomic mass is 32.1. The van der Waals surface area contributed by atoms with Crippen molar-refractivity contribution < 1.29 is 13.2 Å². The first-order chi connectivity index (χ1) is 16.4. The maximum absolute atomic E-state index is 12.9. The minimum Gasteiger partial charge on any atom is -0.361 e. The molecule has 1 N–H and O–H groups in total. The zero-order chi connectivity index (χ0) is 23.3. The highest BCUT2D eigenvalue weighted by Gasteiger charge is 2.41. The lowest BCUT2D eigenvalue weighted by molar-refractivity contribution is -0.126. The van der Waals surface area contributed by atoms with E-state index in [9.17, 15) is 13.2 Å². The summed E-state index contributed by atoms with van der Waals surface area (Å²) in [6.45, 7) is 4.87. The summed E-state index contributed by atoms with van der Waals surface area (Å²) in [4.78, 5) is 17.8. The van der Waals surface area contributed by atoms with Gasteiger partial charge in [0.1, 0.15) is 17.0 Å². The predicted octanol–water partition coefficient (Wildman–Crippen LogP) is 5.77. The second kappa shape index (κ2) is 8.23. The van der Waals surface area contributed by atoms with Crippen LogP contribution in [0.1, 0.15) is 29.7 Å². The van der Waals surface area contributed by atoms with Gasteiger partial charge >= 0.3 is 6.18 Å². The third-order valence-corrected chi connectivity index (χ3v) is 8.46. The molecule has 1 spiro atoms. The van der Waals surface area contributed by atoms with E-state index in [1.807, 2.05) is 6.20 Å². The van der Waals surface area contributed by atoms with Gasteiger partial charge in [-0.1, -0.05) is 12.1 Å². The monoisotopic (exact) mass is 485 g/mol. The fourth-order valence-electron chi connectivity index (χ4n) is 5.59. The SMILES string of the molecule is FC(F)(F)Cc1cc2c(N3CCC4(CCN(Cc5ccc6cc[nH]c6c5)CC4)C3)ncnc2s1. The van der Waals surface area contributed by atoms with Crippen molar-refractivity contribution in [3.05, 3.63) is 53.3 Å². The second-order valence-electron chi connectivity index (χ2n) is 9.77. The van der Waals surface area contributed by atoms with Crippen molar-refractivity contribution in [1.29, 1.82) is 0 Å². The number of piperidine rings is 1. The molecule has 0 aliphatic carbocycles. The summed E-state index contributed by atoms with van der Waals surface area (Å²) >= 11 is 1.12. The molecule has 3 aromatic heterocycles. The third-order valence-electron chi connectivity index (χ3n) is 7.41. The summed E-state index contributed by atoms with van der Waals surface area (Å²) in [5, 5.41) is 1.99. The van der Waals surface area contributed by atoms with Crippen LogP contribution >= 0.6 is 11.3 Å². The number of aromatic nitrogens is 3. The Labute approximate surface area is 199 Å². The van der Waals surface area contributed by atoms with Crippen LogP contribution in [0.2, 0.25) is 0 Å². The van der Waals surface area contributed by atoms with Crippen molar-refractivity contribution >= 4 is 38.3 Å². The van der Waals surface area contributed by atoms with Crippen molar-refractivity contribution in [2.24, 2.45) is 5.41 Å². The number of aromatic amines is 1. The molecule has 1 aromatic carbocycles. The summed E-state index contributed by atoms with van der Waals surface area (Å²) in [6, 6.07) is 10.4. The van der Waals surface area contributed by atoms with E-state index >= 15 is 0 Å². The molecule has 0 bridgehead atoms. The van der Waals surface area contributed by atoms with Gasteiger partial charge in [-0.3, -0.25) is 4.90 Å². The number of hydrogen-bond acceptors (Lipinski definition) is 5. The Balaban J connectivity index is 1.13. The molecule has 178 valence electrons. The molecular weight excluding hydrogens is 459 g/mol. The van der Waals surface area contributed by atoms with Gasteiger partial charge in [-0.25, -0.2) is 9.97 Å². The molecule has 5 heterocycles. The quantitative estimate of drug-likeness (QED) is 0.399. The number of likely N-dealkylation sites (tertiary alicyclic amines) is 1. The number of thiophene rings is 1. The maximum Gasteiger partial charge on any atom is 0.393 e. The van der Waals surface area contributed by atoms with Crippen LogP contribution in [-0.4, -0.2) is 52.2 Å². The van der Waals surface area contributed by atoms with Crippen LogP contribution in [0.5, 0.6) is 0 Å². The number of nitrogens with zero attached hydrogens (tertiary/aromatic N) is 4. The second-order valence-corrected chi connectivity index (χ2v) is 10.9. The van der Waals surface area contributed by atoms with Gasteiger partial charge < -0.3 is 9.88 Å². The van der Waals surface area contributed by atoms with Gasteiger partial charge in [0.15, 0.2) is 0 Å². The first-order valence-electron chi connectivity index (χ1n) is 11.7. The van der Waals surface area contributed by atoms with Crippen LogP contribution in [0.3, 0.4) is 0 Å². The molecule has 2 aliphatic rings. The highest BCUT2D eigenvalue weighted by Crippen LogP contribution is 2.43. The number of rotatable bonds is 4. The van der Waals surface area contributed by atoms with E-state index in [1.165, 1.54) is 22.8 Å². The smallest absolute Gasteiger partial charge is 0.361 e. The molecule has 34 heavy (non-hydrogen) atoms. The van der Waals surface area contributed by atoms with Crippen LogP contribution in [0.4, 0.5) is 19.0 Å². The van der Waals surface area contributed by atoms with Gasteiger partial charge in [-0.2, -0.15) is 13.2 Å². The molecule has 0 unspecified atom stereocenters. The molecule has 9 heteroatoms. The van der Waals surface area contributed by atoms with Crippen molar-refractivity contribution in [2.75, 3.05) is 31.1 Å². The molecule has 2 aliphatic heterocycles. The summed E-state index contributed by atoms with van der Waals surface area (Å²) in [5.41, 5.74) is 2.76. The highest BCUT2D eigenvalue weighted by molar-refractivity contribution is 7.18. The van der Waals surface area contributed by atoms with E-state index < -0.39 is 12.6 Å². The lowest BCUT2D eigenvalue weighted by Crippen LogP contribution is -2.41. The van der Waals surface area contributed by atoms with E-state index in [2.05, 4.69) is 49.0 Å². The Bertz CT molecular complexity index is 1320. The molecule has 0 amide bonds. The van der Waals surface area contributed by atoms with E-state index in [-0.39, 0.29) is 5.41 Å². The summed E-state index contributed by atoms with van der Waals surface area (Å²) in [6.07, 6.45) is 1.69. The number of anilines is 1. The minimum absolute atomic E-state index is 0.252. The molecule has 2 saturated heterocycles. The number of benzene rings is 1. The zero-order valence-corrected chi connectivity index (χ0v) is 19.6. The lowest BCUT2D eigenvalue weighted by atomic mass is 9.77. The maximum atomic E-state index is 12.9. The van der Waals surface area contributed by atoms with E-state index in [4.69, 9.17) is 0 Å². The van der Waals surface area contributed by atoms with Crippen molar-refractivity contribution in [2.45, 2.75) is 38.4 Å².